The maximum atomic E-state index is 2.44. The minimum atomic E-state index is 0.618. The lowest BCUT2D eigenvalue weighted by Crippen LogP contribution is -2.51. The summed E-state index contributed by atoms with van der Waals surface area (Å²) in [6.07, 6.45) is 2.67. The van der Waals surface area contributed by atoms with Gasteiger partial charge < -0.3 is 4.90 Å². The topological polar surface area (TPSA) is 3.24 Å². The number of hydrogen-bond donors (Lipinski definition) is 0. The molecule has 0 aliphatic carbocycles. The van der Waals surface area contributed by atoms with Gasteiger partial charge >= 0.3 is 0 Å². The van der Waals surface area contributed by atoms with Crippen molar-refractivity contribution in [2.75, 3.05) is 20.1 Å². The first-order chi connectivity index (χ1) is 5.12. The van der Waals surface area contributed by atoms with E-state index >= 15 is 0 Å². The van der Waals surface area contributed by atoms with Crippen LogP contribution in [0.3, 0.4) is 0 Å². The molecule has 0 radical (unpaired) electrons. The van der Waals surface area contributed by atoms with E-state index in [1.54, 1.807) is 0 Å². The van der Waals surface area contributed by atoms with Crippen molar-refractivity contribution >= 4 is 0 Å². The molecule has 0 saturated carbocycles. The van der Waals surface area contributed by atoms with Gasteiger partial charge in [0.15, 0.2) is 0 Å². The second-order valence-electron chi connectivity index (χ2n) is 4.28. The lowest BCUT2D eigenvalue weighted by molar-refractivity contribution is 0.0183. The van der Waals surface area contributed by atoms with Gasteiger partial charge in [-0.1, -0.05) is 33.6 Å². The van der Waals surface area contributed by atoms with Crippen molar-refractivity contribution < 1.29 is 0 Å². The second-order valence-corrected chi connectivity index (χ2v) is 4.28. The SMILES string of the molecule is CCC(C)(CC)C1CN(C)C1. The van der Waals surface area contributed by atoms with Gasteiger partial charge in [-0.2, -0.15) is 0 Å². The van der Waals surface area contributed by atoms with Crippen molar-refractivity contribution in [3.05, 3.63) is 0 Å². The van der Waals surface area contributed by atoms with Crippen LogP contribution in [0.25, 0.3) is 0 Å². The van der Waals surface area contributed by atoms with Crippen LogP contribution in [0.2, 0.25) is 0 Å². The summed E-state index contributed by atoms with van der Waals surface area (Å²) in [6.45, 7) is 9.71. The first-order valence-corrected chi connectivity index (χ1v) is 4.81. The molecule has 11 heavy (non-hydrogen) atoms. The van der Waals surface area contributed by atoms with Crippen LogP contribution in [-0.4, -0.2) is 25.0 Å². The van der Waals surface area contributed by atoms with Crippen molar-refractivity contribution in [2.24, 2.45) is 11.3 Å². The zero-order valence-corrected chi connectivity index (χ0v) is 8.35. The monoisotopic (exact) mass is 155 g/mol. The summed E-state index contributed by atoms with van der Waals surface area (Å²) in [5.74, 6) is 0.961. The van der Waals surface area contributed by atoms with Crippen molar-refractivity contribution in [3.63, 3.8) is 0 Å². The number of nitrogens with zero attached hydrogens (tertiary/aromatic N) is 1. The Morgan fingerprint density at radius 3 is 2.00 bits per heavy atom. The molecule has 1 saturated heterocycles. The molecule has 0 unspecified atom stereocenters. The molecule has 0 aromatic heterocycles. The molecule has 1 rings (SSSR count). The summed E-state index contributed by atoms with van der Waals surface area (Å²) in [4.78, 5) is 2.41. The fourth-order valence-corrected chi connectivity index (χ4v) is 1.97. The minimum absolute atomic E-state index is 0.618. The Bertz CT molecular complexity index is 121. The van der Waals surface area contributed by atoms with Gasteiger partial charge in [0.25, 0.3) is 0 Å². The highest BCUT2D eigenvalue weighted by Crippen LogP contribution is 2.39. The molecule has 1 nitrogen and oxygen atoms in total. The molecule has 0 N–H and O–H groups in total. The van der Waals surface area contributed by atoms with Crippen LogP contribution in [0, 0.1) is 11.3 Å². The Morgan fingerprint density at radius 2 is 1.73 bits per heavy atom. The van der Waals surface area contributed by atoms with E-state index in [0.717, 1.165) is 5.92 Å². The van der Waals surface area contributed by atoms with Gasteiger partial charge in [-0.3, -0.25) is 0 Å². The van der Waals surface area contributed by atoms with Crippen LogP contribution < -0.4 is 0 Å². The molecular formula is C10H21N. The van der Waals surface area contributed by atoms with Gasteiger partial charge in [0.1, 0.15) is 0 Å². The molecule has 0 amide bonds. The van der Waals surface area contributed by atoms with Gasteiger partial charge in [0.05, 0.1) is 0 Å². The van der Waals surface area contributed by atoms with Crippen LogP contribution in [0.1, 0.15) is 33.6 Å². The van der Waals surface area contributed by atoms with E-state index in [1.807, 2.05) is 0 Å². The first-order valence-electron chi connectivity index (χ1n) is 4.81. The molecule has 1 heterocycles. The maximum Gasteiger partial charge on any atom is 0.00242 e. The van der Waals surface area contributed by atoms with Crippen LogP contribution in [0.5, 0.6) is 0 Å². The lowest BCUT2D eigenvalue weighted by atomic mass is 9.69. The Morgan fingerprint density at radius 1 is 1.27 bits per heavy atom. The maximum absolute atomic E-state index is 2.44. The van der Waals surface area contributed by atoms with Crippen LogP contribution in [0.4, 0.5) is 0 Å². The Balaban J connectivity index is 2.43. The quantitative estimate of drug-likeness (QED) is 0.605. The Hall–Kier alpha value is -0.0400. The molecule has 1 fully saturated rings. The number of hydrogen-bond acceptors (Lipinski definition) is 1. The molecule has 1 heteroatoms. The average molecular weight is 155 g/mol. The normalized spacial score (nSPS) is 21.8. The largest absolute Gasteiger partial charge is 0.306 e. The second kappa shape index (κ2) is 3.14. The van der Waals surface area contributed by atoms with E-state index in [4.69, 9.17) is 0 Å². The van der Waals surface area contributed by atoms with Crippen molar-refractivity contribution in [2.45, 2.75) is 33.6 Å². The third kappa shape index (κ3) is 1.58. The van der Waals surface area contributed by atoms with Crippen LogP contribution in [0.15, 0.2) is 0 Å². The lowest BCUT2D eigenvalue weighted by Gasteiger charge is -2.47. The third-order valence-corrected chi connectivity index (χ3v) is 3.67. The fourth-order valence-electron chi connectivity index (χ4n) is 1.97. The highest BCUT2D eigenvalue weighted by atomic mass is 15.2. The molecule has 0 aromatic rings. The third-order valence-electron chi connectivity index (χ3n) is 3.67. The van der Waals surface area contributed by atoms with Crippen LogP contribution in [-0.2, 0) is 0 Å². The van der Waals surface area contributed by atoms with Gasteiger partial charge in [0.2, 0.25) is 0 Å². The predicted octanol–water partition coefficient (Wildman–Crippen LogP) is 2.37. The van der Waals surface area contributed by atoms with Crippen molar-refractivity contribution in [1.29, 1.82) is 0 Å². The molecule has 0 bridgehead atoms. The summed E-state index contributed by atoms with van der Waals surface area (Å²) >= 11 is 0. The van der Waals surface area contributed by atoms with E-state index in [0.29, 0.717) is 5.41 Å². The summed E-state index contributed by atoms with van der Waals surface area (Å²) in [5, 5.41) is 0. The minimum Gasteiger partial charge on any atom is -0.306 e. The molecule has 1 aliphatic rings. The first kappa shape index (κ1) is 9.05. The van der Waals surface area contributed by atoms with E-state index < -0.39 is 0 Å². The summed E-state index contributed by atoms with van der Waals surface area (Å²) in [7, 11) is 2.21. The molecule has 0 spiro atoms. The van der Waals surface area contributed by atoms with E-state index in [-0.39, 0.29) is 0 Å². The van der Waals surface area contributed by atoms with Gasteiger partial charge in [-0.15, -0.1) is 0 Å². The zero-order chi connectivity index (χ0) is 8.48. The molecule has 0 atom stereocenters. The standard InChI is InChI=1S/C10H21N/c1-5-10(3,6-2)9-7-11(4)8-9/h9H,5-8H2,1-4H3. The van der Waals surface area contributed by atoms with E-state index in [9.17, 15) is 0 Å². The summed E-state index contributed by atoms with van der Waals surface area (Å²) < 4.78 is 0. The molecule has 0 aromatic carbocycles. The average Bonchev–Trinajstić information content (AvgIpc) is 1.98. The number of likely N-dealkylation sites (tertiary alicyclic amines) is 1. The van der Waals surface area contributed by atoms with E-state index in [2.05, 4.69) is 32.7 Å². The number of rotatable bonds is 3. The summed E-state index contributed by atoms with van der Waals surface area (Å²) in [6, 6.07) is 0. The summed E-state index contributed by atoms with van der Waals surface area (Å²) in [5.41, 5.74) is 0.618. The van der Waals surface area contributed by atoms with Crippen molar-refractivity contribution in [1.82, 2.24) is 4.90 Å². The van der Waals surface area contributed by atoms with Gasteiger partial charge in [-0.25, -0.2) is 0 Å². The zero-order valence-electron chi connectivity index (χ0n) is 8.35. The molecular weight excluding hydrogens is 134 g/mol. The Kier molecular flexibility index (Phi) is 2.58. The van der Waals surface area contributed by atoms with Gasteiger partial charge in [0, 0.05) is 13.1 Å². The van der Waals surface area contributed by atoms with E-state index in [1.165, 1.54) is 25.9 Å². The van der Waals surface area contributed by atoms with Crippen LogP contribution >= 0.6 is 0 Å². The molecule has 1 aliphatic heterocycles. The fraction of sp³-hybridized carbons (Fsp3) is 1.00. The highest BCUT2D eigenvalue weighted by molar-refractivity contribution is 4.89. The predicted molar refractivity (Wildman–Crippen MR) is 49.7 cm³/mol. The smallest absolute Gasteiger partial charge is 0.00242 e. The van der Waals surface area contributed by atoms with Crippen molar-refractivity contribution in [3.8, 4) is 0 Å². The highest BCUT2D eigenvalue weighted by Gasteiger charge is 2.37. The van der Waals surface area contributed by atoms with Gasteiger partial charge in [-0.05, 0) is 18.4 Å². The Labute approximate surface area is 70.8 Å². The molecule has 66 valence electrons.